The van der Waals surface area contributed by atoms with Crippen molar-refractivity contribution in [1.82, 2.24) is 15.3 Å². The van der Waals surface area contributed by atoms with Crippen molar-refractivity contribution in [2.45, 2.75) is 20.0 Å². The minimum Gasteiger partial charge on any atom is -0.326 e. The van der Waals surface area contributed by atoms with Crippen LogP contribution in [0.5, 0.6) is 0 Å². The predicted octanol–water partition coefficient (Wildman–Crippen LogP) is 1.43. The summed E-state index contributed by atoms with van der Waals surface area (Å²) in [6, 6.07) is 7.93. The molecule has 0 unspecified atom stereocenters. The number of fused-ring (bicyclic) bond motifs is 1. The third-order valence-electron chi connectivity index (χ3n) is 2.98. The zero-order valence-corrected chi connectivity index (χ0v) is 10.1. The highest BCUT2D eigenvalue weighted by atomic mass is 16.1. The van der Waals surface area contributed by atoms with E-state index in [1.807, 2.05) is 31.2 Å². The first kappa shape index (κ1) is 11.0. The molecule has 2 aromatic rings. The Balaban J connectivity index is 1.94. The lowest BCUT2D eigenvalue weighted by Crippen LogP contribution is -2.16. The Labute approximate surface area is 104 Å². The van der Waals surface area contributed by atoms with E-state index in [0.717, 1.165) is 22.5 Å². The van der Waals surface area contributed by atoms with Crippen LogP contribution < -0.4 is 16.2 Å². The maximum absolute atomic E-state index is 11.8. The molecule has 2 heterocycles. The molecular weight excluding hydrogens is 228 g/mol. The fourth-order valence-electron chi connectivity index (χ4n) is 2.10. The number of aromatic amines is 1. The van der Waals surface area contributed by atoms with Crippen LogP contribution in [0, 0.1) is 6.92 Å². The summed E-state index contributed by atoms with van der Waals surface area (Å²) in [6.07, 6.45) is 0. The molecule has 0 radical (unpaired) electrons. The van der Waals surface area contributed by atoms with Crippen molar-refractivity contribution in [3.63, 3.8) is 0 Å². The molecule has 0 aliphatic carbocycles. The van der Waals surface area contributed by atoms with Gasteiger partial charge in [-0.25, -0.2) is 4.98 Å². The first-order valence-corrected chi connectivity index (χ1v) is 5.89. The summed E-state index contributed by atoms with van der Waals surface area (Å²) in [7, 11) is 0. The van der Waals surface area contributed by atoms with Gasteiger partial charge in [0.25, 0.3) is 5.56 Å². The van der Waals surface area contributed by atoms with Crippen molar-refractivity contribution in [1.29, 1.82) is 0 Å². The number of anilines is 2. The smallest absolute Gasteiger partial charge is 0.257 e. The largest absolute Gasteiger partial charge is 0.326 e. The van der Waals surface area contributed by atoms with Gasteiger partial charge in [0.05, 0.1) is 11.3 Å². The van der Waals surface area contributed by atoms with Gasteiger partial charge in [-0.1, -0.05) is 12.1 Å². The molecule has 0 fully saturated rings. The maximum atomic E-state index is 11.8. The summed E-state index contributed by atoms with van der Waals surface area (Å²) in [4.78, 5) is 19.0. The van der Waals surface area contributed by atoms with Crippen molar-refractivity contribution in [2.24, 2.45) is 0 Å². The summed E-state index contributed by atoms with van der Waals surface area (Å²) >= 11 is 0. The normalized spacial score (nSPS) is 13.4. The SMILES string of the molecule is Cc1cccc(Nc2nc3c(c(=O)[nH]2)CNC3)c1. The van der Waals surface area contributed by atoms with Crippen LogP contribution in [0.25, 0.3) is 0 Å². The van der Waals surface area contributed by atoms with Crippen LogP contribution >= 0.6 is 0 Å². The Morgan fingerprint density at radius 1 is 1.33 bits per heavy atom. The second-order valence-corrected chi connectivity index (χ2v) is 4.44. The predicted molar refractivity (Wildman–Crippen MR) is 69.9 cm³/mol. The number of nitrogens with one attached hydrogen (secondary N) is 3. The van der Waals surface area contributed by atoms with E-state index in [0.29, 0.717) is 19.0 Å². The van der Waals surface area contributed by atoms with Gasteiger partial charge in [-0.05, 0) is 24.6 Å². The van der Waals surface area contributed by atoms with E-state index in [1.165, 1.54) is 0 Å². The van der Waals surface area contributed by atoms with Crippen LogP contribution in [-0.4, -0.2) is 9.97 Å². The average molecular weight is 242 g/mol. The van der Waals surface area contributed by atoms with Gasteiger partial charge in [0, 0.05) is 18.8 Å². The lowest BCUT2D eigenvalue weighted by atomic mass is 10.2. The number of aryl methyl sites for hydroxylation is 1. The lowest BCUT2D eigenvalue weighted by Gasteiger charge is -2.07. The molecule has 3 rings (SSSR count). The summed E-state index contributed by atoms with van der Waals surface area (Å²) in [5.74, 6) is 0.494. The summed E-state index contributed by atoms with van der Waals surface area (Å²) < 4.78 is 0. The fraction of sp³-hybridized carbons (Fsp3) is 0.231. The van der Waals surface area contributed by atoms with Gasteiger partial charge in [0.15, 0.2) is 0 Å². The molecule has 92 valence electrons. The van der Waals surface area contributed by atoms with Gasteiger partial charge in [0.1, 0.15) is 0 Å². The number of rotatable bonds is 2. The summed E-state index contributed by atoms with van der Waals surface area (Å²) in [5, 5.41) is 6.24. The first-order chi connectivity index (χ1) is 8.72. The second kappa shape index (κ2) is 4.27. The third-order valence-corrected chi connectivity index (χ3v) is 2.98. The van der Waals surface area contributed by atoms with Crippen molar-refractivity contribution in [3.8, 4) is 0 Å². The number of nitrogens with zero attached hydrogens (tertiary/aromatic N) is 1. The van der Waals surface area contributed by atoms with Gasteiger partial charge in [-0.3, -0.25) is 9.78 Å². The first-order valence-electron chi connectivity index (χ1n) is 5.89. The Kier molecular flexibility index (Phi) is 2.60. The molecule has 18 heavy (non-hydrogen) atoms. The van der Waals surface area contributed by atoms with E-state index in [-0.39, 0.29) is 5.56 Å². The van der Waals surface area contributed by atoms with E-state index in [1.54, 1.807) is 0 Å². The molecule has 1 aromatic heterocycles. The lowest BCUT2D eigenvalue weighted by molar-refractivity contribution is 0.757. The molecule has 3 N–H and O–H groups in total. The van der Waals surface area contributed by atoms with Gasteiger partial charge in [-0.2, -0.15) is 0 Å². The zero-order valence-electron chi connectivity index (χ0n) is 10.1. The van der Waals surface area contributed by atoms with Gasteiger partial charge in [-0.15, -0.1) is 0 Å². The van der Waals surface area contributed by atoms with Gasteiger partial charge < -0.3 is 10.6 Å². The van der Waals surface area contributed by atoms with E-state index in [9.17, 15) is 4.79 Å². The van der Waals surface area contributed by atoms with Crippen molar-refractivity contribution < 1.29 is 0 Å². The zero-order chi connectivity index (χ0) is 12.5. The van der Waals surface area contributed by atoms with Crippen LogP contribution in [0.3, 0.4) is 0 Å². The number of aromatic nitrogens is 2. The Bertz CT molecular complexity index is 648. The maximum Gasteiger partial charge on any atom is 0.257 e. The highest BCUT2D eigenvalue weighted by Crippen LogP contribution is 2.15. The Hall–Kier alpha value is -2.14. The van der Waals surface area contributed by atoms with Crippen LogP contribution in [0.2, 0.25) is 0 Å². The van der Waals surface area contributed by atoms with Crippen molar-refractivity contribution >= 4 is 11.6 Å². The van der Waals surface area contributed by atoms with E-state index in [2.05, 4.69) is 20.6 Å². The fourth-order valence-corrected chi connectivity index (χ4v) is 2.10. The molecule has 5 heteroatoms. The minimum absolute atomic E-state index is 0.0693. The molecular formula is C13H14N4O. The van der Waals surface area contributed by atoms with Crippen LogP contribution in [-0.2, 0) is 13.1 Å². The highest BCUT2D eigenvalue weighted by Gasteiger charge is 2.16. The molecule has 0 saturated carbocycles. The molecule has 1 aromatic carbocycles. The molecule has 0 bridgehead atoms. The van der Waals surface area contributed by atoms with Crippen LogP contribution in [0.15, 0.2) is 29.1 Å². The topological polar surface area (TPSA) is 69.8 Å². The standard InChI is InChI=1S/C13H14N4O/c1-8-3-2-4-9(5-8)15-13-16-11-7-14-6-10(11)12(18)17-13/h2-5,14H,6-7H2,1H3,(H2,15,16,17,18). The van der Waals surface area contributed by atoms with Crippen molar-refractivity contribution in [2.75, 3.05) is 5.32 Å². The molecule has 1 aliphatic heterocycles. The quantitative estimate of drug-likeness (QED) is 0.745. The van der Waals surface area contributed by atoms with Crippen molar-refractivity contribution in [3.05, 3.63) is 51.4 Å². The molecule has 1 aliphatic rings. The monoisotopic (exact) mass is 242 g/mol. The number of benzene rings is 1. The highest BCUT2D eigenvalue weighted by molar-refractivity contribution is 5.54. The minimum atomic E-state index is -0.0693. The molecule has 0 saturated heterocycles. The van der Waals surface area contributed by atoms with Gasteiger partial charge >= 0.3 is 0 Å². The van der Waals surface area contributed by atoms with E-state index < -0.39 is 0 Å². The molecule has 5 nitrogen and oxygen atoms in total. The number of H-pyrrole nitrogens is 1. The van der Waals surface area contributed by atoms with Gasteiger partial charge in [0.2, 0.25) is 5.95 Å². The molecule has 0 spiro atoms. The van der Waals surface area contributed by atoms with E-state index in [4.69, 9.17) is 0 Å². The Morgan fingerprint density at radius 3 is 3.06 bits per heavy atom. The molecule has 0 atom stereocenters. The molecule has 0 amide bonds. The van der Waals surface area contributed by atoms with E-state index >= 15 is 0 Å². The average Bonchev–Trinajstić information content (AvgIpc) is 2.77. The summed E-state index contributed by atoms with van der Waals surface area (Å²) in [6.45, 7) is 3.28. The number of hydrogen-bond donors (Lipinski definition) is 3. The second-order valence-electron chi connectivity index (χ2n) is 4.44. The Morgan fingerprint density at radius 2 is 2.22 bits per heavy atom. The third kappa shape index (κ3) is 2.00. The van der Waals surface area contributed by atoms with Crippen LogP contribution in [0.4, 0.5) is 11.6 Å². The summed E-state index contributed by atoms with van der Waals surface area (Å²) in [5.41, 5.74) is 3.58. The van der Waals surface area contributed by atoms with Crippen LogP contribution in [0.1, 0.15) is 16.8 Å². The number of hydrogen-bond acceptors (Lipinski definition) is 4.